The molecule has 0 aromatic heterocycles. The molecular formula is C103H147ClO14. The van der Waals surface area contributed by atoms with Crippen LogP contribution in [-0.2, 0) is 65.3 Å². The van der Waals surface area contributed by atoms with E-state index < -0.39 is 0 Å². The van der Waals surface area contributed by atoms with Crippen LogP contribution in [-0.4, -0.2) is 125 Å². The molecule has 118 heavy (non-hydrogen) atoms. The summed E-state index contributed by atoms with van der Waals surface area (Å²) in [6, 6.07) is 26.4. The van der Waals surface area contributed by atoms with Gasteiger partial charge in [0.25, 0.3) is 0 Å². The summed E-state index contributed by atoms with van der Waals surface area (Å²) in [4.78, 5) is 0. The van der Waals surface area contributed by atoms with Crippen LogP contribution in [0.3, 0.4) is 0 Å². The van der Waals surface area contributed by atoms with Gasteiger partial charge in [0.05, 0.1) is 44.7 Å². The molecule has 650 valence electrons. The second-order valence-corrected chi connectivity index (χ2v) is 41.2. The molecular weight excluding hydrogens is 1500 g/mol. The van der Waals surface area contributed by atoms with Gasteiger partial charge < -0.3 is 68.2 Å². The third-order valence-corrected chi connectivity index (χ3v) is 36.0. The molecule has 0 amide bonds. The molecule has 15 aliphatic rings. The first kappa shape index (κ1) is 87.9. The number of alkyl halides is 1. The monoisotopic (exact) mass is 1640 g/mol. The van der Waals surface area contributed by atoms with Gasteiger partial charge in [-0.3, -0.25) is 0 Å². The van der Waals surface area contributed by atoms with E-state index in [0.717, 1.165) is 110 Å². The number of rotatable bonds is 12. The molecule has 0 aliphatic heterocycles. The fourth-order valence-electron chi connectivity index (χ4n) is 29.8. The molecule has 5 aromatic carbocycles. The van der Waals surface area contributed by atoms with Crippen molar-refractivity contribution in [3.8, 4) is 28.7 Å². The van der Waals surface area contributed by atoms with Crippen LogP contribution in [0.5, 0.6) is 28.7 Å². The van der Waals surface area contributed by atoms with Crippen LogP contribution < -0.4 is 9.47 Å². The molecule has 0 saturated heterocycles. The van der Waals surface area contributed by atoms with Crippen LogP contribution in [0, 0.1) is 107 Å². The highest BCUT2D eigenvalue weighted by atomic mass is 35.5. The van der Waals surface area contributed by atoms with Crippen molar-refractivity contribution in [3.05, 3.63) is 145 Å². The zero-order valence-electron chi connectivity index (χ0n) is 74.3. The Balaban J connectivity index is 0.000000114. The lowest BCUT2D eigenvalue weighted by Crippen LogP contribution is -2.44. The molecule has 10 saturated carbocycles. The quantitative estimate of drug-likeness (QED) is 0.0587. The highest BCUT2D eigenvalue weighted by Crippen LogP contribution is 2.68. The third-order valence-electron chi connectivity index (χ3n) is 35.8. The van der Waals surface area contributed by atoms with Crippen LogP contribution in [0.2, 0.25) is 0 Å². The fraction of sp³-hybridized carbons (Fsp3) is 0.709. The highest BCUT2D eigenvalue weighted by molar-refractivity contribution is 6.17. The number of aryl methyl sites for hydroxylation is 8. The minimum Gasteiger partial charge on any atom is -0.508 e. The Hall–Kier alpha value is -4.97. The number of aliphatic hydroxyl groups excluding tert-OH is 2. The number of methoxy groups -OCH3 is 6. The minimum atomic E-state index is -0.116. The summed E-state index contributed by atoms with van der Waals surface area (Å²) in [6.07, 6.45) is 37.2. The summed E-state index contributed by atoms with van der Waals surface area (Å²) in [5, 5.41) is 50.7. The number of ether oxygens (including phenoxy) is 9. The number of phenols is 3. The molecule has 20 rings (SSSR count). The van der Waals surface area contributed by atoms with E-state index in [2.05, 4.69) is 108 Å². The molecule has 0 radical (unpaired) electrons. The second-order valence-electron chi connectivity index (χ2n) is 41.0. The molecule has 0 spiro atoms. The van der Waals surface area contributed by atoms with Gasteiger partial charge in [0.1, 0.15) is 43.7 Å². The number of benzene rings is 5. The van der Waals surface area contributed by atoms with E-state index in [4.69, 9.17) is 49.5 Å². The van der Waals surface area contributed by atoms with Gasteiger partial charge in [0.15, 0.2) is 11.5 Å². The largest absolute Gasteiger partial charge is 0.508 e. The summed E-state index contributed by atoms with van der Waals surface area (Å²) in [5.74, 6) is 13.7. The minimum absolute atomic E-state index is 0.0883. The number of aromatic hydroxyl groups is 3. The molecule has 15 aliphatic carbocycles. The Bertz CT molecular complexity index is 4250. The predicted octanol–water partition coefficient (Wildman–Crippen LogP) is 22.3. The summed E-state index contributed by atoms with van der Waals surface area (Å²) < 4.78 is 49.0. The van der Waals surface area contributed by atoms with Gasteiger partial charge in [0.2, 0.25) is 0 Å². The maximum atomic E-state index is 10.4. The summed E-state index contributed by atoms with van der Waals surface area (Å²) in [6.45, 7) is 19.7. The first-order chi connectivity index (χ1) is 56.8. The molecule has 25 atom stereocenters. The van der Waals surface area contributed by atoms with Crippen molar-refractivity contribution in [1.82, 2.24) is 0 Å². The lowest BCUT2D eigenvalue weighted by molar-refractivity contribution is -0.125. The molecule has 5 aromatic rings. The van der Waals surface area contributed by atoms with Crippen molar-refractivity contribution < 1.29 is 68.2 Å². The molecule has 14 nitrogen and oxygen atoms in total. The van der Waals surface area contributed by atoms with E-state index in [0.29, 0.717) is 120 Å². The lowest BCUT2D eigenvalue weighted by Gasteiger charge is -2.50. The van der Waals surface area contributed by atoms with E-state index >= 15 is 0 Å². The summed E-state index contributed by atoms with van der Waals surface area (Å²) in [7, 11) is 10.1. The van der Waals surface area contributed by atoms with Gasteiger partial charge in [0, 0.05) is 28.4 Å². The fourth-order valence-corrected chi connectivity index (χ4v) is 29.8. The van der Waals surface area contributed by atoms with E-state index in [1.54, 1.807) is 64.9 Å². The average Bonchev–Trinajstić information content (AvgIpc) is 1.51. The number of fused-ring (bicyclic) bond motifs is 25. The van der Waals surface area contributed by atoms with Crippen LogP contribution >= 0.6 is 11.6 Å². The predicted molar refractivity (Wildman–Crippen MR) is 468 cm³/mol. The van der Waals surface area contributed by atoms with E-state index in [-0.39, 0.29) is 28.8 Å². The van der Waals surface area contributed by atoms with Crippen molar-refractivity contribution in [2.45, 2.75) is 308 Å². The highest BCUT2D eigenvalue weighted by Gasteiger charge is 2.61. The van der Waals surface area contributed by atoms with Gasteiger partial charge >= 0.3 is 0 Å². The number of phenolic OH excluding ortho intramolecular Hbond substituents is 3. The normalized spacial score (nSPS) is 37.8. The molecule has 10 fully saturated rings. The van der Waals surface area contributed by atoms with Crippen LogP contribution in [0.25, 0.3) is 0 Å². The van der Waals surface area contributed by atoms with Crippen molar-refractivity contribution in [1.29, 1.82) is 0 Å². The summed E-state index contributed by atoms with van der Waals surface area (Å²) >= 11 is 4.96. The van der Waals surface area contributed by atoms with E-state index in [1.807, 2.05) is 25.1 Å². The Morgan fingerprint density at radius 2 is 0.661 bits per heavy atom. The van der Waals surface area contributed by atoms with Crippen LogP contribution in [0.15, 0.2) is 72.8 Å². The zero-order chi connectivity index (χ0) is 83.3. The lowest BCUT2D eigenvalue weighted by atomic mass is 9.55. The SMILES string of the molecule is COCCl.COCO[C@H]1CCC2C3CCc4cc(C)c(O)cc4C3CC[C@@]21C.COCO[C@H]1CCC2C3CCc4cc(C)c(OC)cc4C3CC[C@@]21C.COCO[C@H]1CCC2C3CCc4cc(C)ccc4C3CC[C@@]21C.COc1cc2c(cc1O)CCC1C2CC[C@@]2(C)C1CC[C@@H]2O.C[C@]12CCC3c4ccc(O)cc4CCC3C1CC[C@@H]2O. The Morgan fingerprint density at radius 1 is 0.331 bits per heavy atom. The van der Waals surface area contributed by atoms with Crippen molar-refractivity contribution >= 4 is 11.6 Å². The van der Waals surface area contributed by atoms with E-state index in [1.165, 1.54) is 186 Å². The molecule has 5 N–H and O–H groups in total. The first-order valence-electron chi connectivity index (χ1n) is 46.3. The van der Waals surface area contributed by atoms with Gasteiger partial charge in [-0.25, -0.2) is 0 Å². The molecule has 0 bridgehead atoms. The van der Waals surface area contributed by atoms with Crippen LogP contribution in [0.4, 0.5) is 0 Å². The van der Waals surface area contributed by atoms with Crippen molar-refractivity contribution in [3.63, 3.8) is 0 Å². The van der Waals surface area contributed by atoms with Gasteiger partial charge in [-0.15, -0.1) is 0 Å². The van der Waals surface area contributed by atoms with Gasteiger partial charge in [-0.2, -0.15) is 0 Å². The first-order valence-corrected chi connectivity index (χ1v) is 46.9. The number of hydrogen-bond donors (Lipinski definition) is 5. The smallest absolute Gasteiger partial charge is 0.160 e. The van der Waals surface area contributed by atoms with Gasteiger partial charge in [-0.1, -0.05) is 88.2 Å². The average molecular weight is 1640 g/mol. The molecule has 15 heteroatoms. The molecule has 0 heterocycles. The Morgan fingerprint density at radius 3 is 1.06 bits per heavy atom. The maximum Gasteiger partial charge on any atom is 0.160 e. The third kappa shape index (κ3) is 16.4. The number of halogens is 1. The van der Waals surface area contributed by atoms with Crippen molar-refractivity contribution in [2.75, 3.05) is 69.1 Å². The number of hydrogen-bond acceptors (Lipinski definition) is 14. The number of aliphatic hydroxyl groups is 2. The Kier molecular flexibility index (Phi) is 27.3. The van der Waals surface area contributed by atoms with Gasteiger partial charge in [-0.05, 0) is 432 Å². The standard InChI is InChI=1S/C22H32O3.C21H30O3.C21H30O2.C19H26O3.C18H24O2.C2H5ClO/c1-14-11-15-5-6-17-16(18(15)12-20(14)24-4)9-10-22(2)19(17)7-8-21(22)25-13-23-3;1-13-10-14-4-5-16-15(17(14)11-19(13)22)8-9-21(2)18(16)6-7-20(21)24-12-23-3;1-14-4-6-16-15(12-14)5-7-18-17(16)10-11-21(2)19(18)8-9-20(21)23-13-22-3;1-19-8-7-12-13(15(19)5-6-18(19)21)4-3-11-9-16(20)17(22-2)10-14(11)12;1-18-9-8-14-13-5-3-12(19)10-11(13)2-4-15(14)16(18)6-7-17(18)20;1-4-2-3/h11-12,16-17,19,21H,5-10,13H2,1-4H3;10-11,15-16,18,20,22H,4-9,12H2,1-3H3;4,6,12,17-20H,5,7-11,13H2,1-3H3;9-10,12-13,15,18,20-21H,3-8H2,1-2H3;3,5,10,14-17,19-20H,2,4,6-9H2,1H3;2H2,1H3/t16?,17?,19?,21-,22-;15?,16?,18?,20-,21-;17?,18?,19?,20-,21-;12?,13?,15?,18-,19-;14?,15?,16?,17-,18-;/m00000./s1. The molecule has 15 unspecified atom stereocenters. The zero-order valence-corrected chi connectivity index (χ0v) is 75.1. The maximum absolute atomic E-state index is 10.4. The van der Waals surface area contributed by atoms with E-state index in [9.17, 15) is 25.5 Å². The summed E-state index contributed by atoms with van der Waals surface area (Å²) in [5.41, 5.74) is 19.8. The van der Waals surface area contributed by atoms with Crippen LogP contribution in [0.1, 0.15) is 297 Å². The Labute approximate surface area is 713 Å². The van der Waals surface area contributed by atoms with Crippen molar-refractivity contribution in [2.24, 2.45) is 86.3 Å². The second kappa shape index (κ2) is 36.7. The topological polar surface area (TPSA) is 184 Å².